The van der Waals surface area contributed by atoms with Crippen molar-refractivity contribution in [2.75, 3.05) is 17.7 Å². The summed E-state index contributed by atoms with van der Waals surface area (Å²) in [7, 11) is 1.66. The molecule has 2 rings (SSSR count). The standard InChI is InChI=1S/C15H15ClFN3O3S/c1-7-12(14(18-3)24-20-7)15(22)23-8(2)13(21)19-9-4-5-11(17)10(16)6-9/h4-6,8,18H,1-3H3,(H,19,21). The van der Waals surface area contributed by atoms with Gasteiger partial charge < -0.3 is 15.4 Å². The first kappa shape index (κ1) is 18.2. The third-order valence-corrected chi connectivity index (χ3v) is 4.38. The van der Waals surface area contributed by atoms with Gasteiger partial charge in [0.1, 0.15) is 16.4 Å². The van der Waals surface area contributed by atoms with E-state index in [2.05, 4.69) is 15.0 Å². The molecule has 0 saturated carbocycles. The molecule has 128 valence electrons. The second kappa shape index (κ2) is 7.59. The Morgan fingerprint density at radius 3 is 2.75 bits per heavy atom. The van der Waals surface area contributed by atoms with E-state index >= 15 is 0 Å². The van der Waals surface area contributed by atoms with Crippen molar-refractivity contribution in [3.63, 3.8) is 0 Å². The first-order valence-corrected chi connectivity index (χ1v) is 8.09. The average Bonchev–Trinajstić information content (AvgIpc) is 2.91. The summed E-state index contributed by atoms with van der Waals surface area (Å²) in [5.74, 6) is -1.79. The van der Waals surface area contributed by atoms with E-state index in [4.69, 9.17) is 16.3 Å². The number of aromatic nitrogens is 1. The Balaban J connectivity index is 2.04. The van der Waals surface area contributed by atoms with Crippen LogP contribution in [-0.4, -0.2) is 29.4 Å². The minimum absolute atomic E-state index is 0.115. The van der Waals surface area contributed by atoms with Crippen LogP contribution < -0.4 is 10.6 Å². The van der Waals surface area contributed by atoms with Crippen LogP contribution in [0.25, 0.3) is 0 Å². The summed E-state index contributed by atoms with van der Waals surface area (Å²) < 4.78 is 22.4. The predicted octanol–water partition coefficient (Wildman–Crippen LogP) is 3.47. The molecule has 0 saturated heterocycles. The van der Waals surface area contributed by atoms with Crippen LogP contribution in [-0.2, 0) is 9.53 Å². The molecule has 0 aliphatic rings. The zero-order valence-electron chi connectivity index (χ0n) is 13.1. The second-order valence-electron chi connectivity index (χ2n) is 4.89. The fraction of sp³-hybridized carbons (Fsp3) is 0.267. The minimum atomic E-state index is -1.05. The van der Waals surface area contributed by atoms with Gasteiger partial charge in [-0.25, -0.2) is 9.18 Å². The van der Waals surface area contributed by atoms with Gasteiger partial charge in [-0.1, -0.05) is 11.6 Å². The normalized spacial score (nSPS) is 11.7. The number of rotatable bonds is 5. The Bertz CT molecular complexity index is 781. The summed E-state index contributed by atoms with van der Waals surface area (Å²) in [4.78, 5) is 24.3. The molecule has 1 unspecified atom stereocenters. The van der Waals surface area contributed by atoms with E-state index < -0.39 is 23.8 Å². The van der Waals surface area contributed by atoms with Gasteiger partial charge >= 0.3 is 5.97 Å². The van der Waals surface area contributed by atoms with Crippen LogP contribution in [0.1, 0.15) is 23.0 Å². The summed E-state index contributed by atoms with van der Waals surface area (Å²) in [6.07, 6.45) is -1.05. The lowest BCUT2D eigenvalue weighted by molar-refractivity contribution is -0.123. The predicted molar refractivity (Wildman–Crippen MR) is 91.3 cm³/mol. The average molecular weight is 372 g/mol. The first-order valence-electron chi connectivity index (χ1n) is 6.94. The summed E-state index contributed by atoms with van der Waals surface area (Å²) in [5, 5.41) is 5.81. The topological polar surface area (TPSA) is 80.3 Å². The molecule has 9 heteroatoms. The van der Waals surface area contributed by atoms with E-state index in [9.17, 15) is 14.0 Å². The van der Waals surface area contributed by atoms with Crippen molar-refractivity contribution in [3.05, 3.63) is 40.3 Å². The van der Waals surface area contributed by atoms with Gasteiger partial charge in [-0.05, 0) is 43.6 Å². The molecule has 0 spiro atoms. The van der Waals surface area contributed by atoms with Crippen molar-refractivity contribution in [2.45, 2.75) is 20.0 Å². The molecule has 0 fully saturated rings. The fourth-order valence-electron chi connectivity index (χ4n) is 1.87. The van der Waals surface area contributed by atoms with Gasteiger partial charge in [0.2, 0.25) is 0 Å². The zero-order chi connectivity index (χ0) is 17.9. The summed E-state index contributed by atoms with van der Waals surface area (Å²) in [6, 6.07) is 3.77. The molecule has 1 aromatic heterocycles. The van der Waals surface area contributed by atoms with E-state index in [1.807, 2.05) is 0 Å². The largest absolute Gasteiger partial charge is 0.449 e. The highest BCUT2D eigenvalue weighted by atomic mass is 35.5. The maximum atomic E-state index is 13.1. The molecule has 0 aliphatic heterocycles. The van der Waals surface area contributed by atoms with Crippen LogP contribution in [0.3, 0.4) is 0 Å². The molecule has 0 radical (unpaired) electrons. The van der Waals surface area contributed by atoms with Crippen LogP contribution in [0, 0.1) is 12.7 Å². The van der Waals surface area contributed by atoms with Gasteiger partial charge in [-0.2, -0.15) is 4.37 Å². The smallest absolute Gasteiger partial charge is 0.343 e. The zero-order valence-corrected chi connectivity index (χ0v) is 14.7. The lowest BCUT2D eigenvalue weighted by Crippen LogP contribution is -2.30. The van der Waals surface area contributed by atoms with Crippen molar-refractivity contribution in [1.29, 1.82) is 0 Å². The number of carbonyl (C=O) groups is 2. The molecule has 24 heavy (non-hydrogen) atoms. The van der Waals surface area contributed by atoms with Crippen LogP contribution >= 0.6 is 23.1 Å². The lowest BCUT2D eigenvalue weighted by atomic mass is 10.2. The first-order chi connectivity index (χ1) is 11.3. The van der Waals surface area contributed by atoms with Crippen LogP contribution in [0.15, 0.2) is 18.2 Å². The number of nitrogens with zero attached hydrogens (tertiary/aromatic N) is 1. The monoisotopic (exact) mass is 371 g/mol. The fourth-order valence-corrected chi connectivity index (χ4v) is 2.79. The van der Waals surface area contributed by atoms with E-state index in [1.165, 1.54) is 19.1 Å². The maximum Gasteiger partial charge on any atom is 0.343 e. The quantitative estimate of drug-likeness (QED) is 0.786. The number of ether oxygens (including phenoxy) is 1. The van der Waals surface area contributed by atoms with Crippen molar-refractivity contribution >= 4 is 45.7 Å². The number of nitrogens with one attached hydrogen (secondary N) is 2. The Hall–Kier alpha value is -2.19. The number of hydrogen-bond acceptors (Lipinski definition) is 6. The number of anilines is 2. The van der Waals surface area contributed by atoms with Crippen molar-refractivity contribution in [3.8, 4) is 0 Å². The SMILES string of the molecule is CNc1snc(C)c1C(=O)OC(C)C(=O)Nc1ccc(F)c(Cl)c1. The van der Waals surface area contributed by atoms with E-state index in [0.717, 1.165) is 17.6 Å². The van der Waals surface area contributed by atoms with Crippen molar-refractivity contribution in [1.82, 2.24) is 4.37 Å². The van der Waals surface area contributed by atoms with Crippen molar-refractivity contribution < 1.29 is 18.7 Å². The number of amides is 1. The second-order valence-corrected chi connectivity index (χ2v) is 6.07. The van der Waals surface area contributed by atoms with Gasteiger partial charge in [0, 0.05) is 12.7 Å². The van der Waals surface area contributed by atoms with E-state index in [0.29, 0.717) is 21.9 Å². The Labute approximate surface area is 147 Å². The lowest BCUT2D eigenvalue weighted by Gasteiger charge is -2.14. The molecular weight excluding hydrogens is 357 g/mol. The van der Waals surface area contributed by atoms with Gasteiger partial charge in [-0.15, -0.1) is 0 Å². The van der Waals surface area contributed by atoms with Gasteiger partial charge in [-0.3, -0.25) is 4.79 Å². The third kappa shape index (κ3) is 4.01. The molecule has 6 nitrogen and oxygen atoms in total. The molecular formula is C15H15ClFN3O3S. The Kier molecular flexibility index (Phi) is 5.74. The molecule has 0 bridgehead atoms. The van der Waals surface area contributed by atoms with Gasteiger partial charge in [0.15, 0.2) is 6.10 Å². The molecule has 1 heterocycles. The number of benzene rings is 1. The number of hydrogen-bond donors (Lipinski definition) is 2. The highest BCUT2D eigenvalue weighted by Crippen LogP contribution is 2.25. The summed E-state index contributed by atoms with van der Waals surface area (Å²) >= 11 is 6.79. The molecule has 1 atom stereocenters. The molecule has 2 N–H and O–H groups in total. The number of esters is 1. The van der Waals surface area contributed by atoms with Crippen LogP contribution in [0.4, 0.5) is 15.1 Å². The number of aryl methyl sites for hydroxylation is 1. The minimum Gasteiger partial charge on any atom is -0.449 e. The van der Waals surface area contributed by atoms with E-state index in [1.54, 1.807) is 14.0 Å². The summed E-state index contributed by atoms with van der Waals surface area (Å²) in [6.45, 7) is 3.12. The maximum absolute atomic E-state index is 13.1. The molecule has 1 amide bonds. The van der Waals surface area contributed by atoms with Crippen LogP contribution in [0.2, 0.25) is 5.02 Å². The van der Waals surface area contributed by atoms with Crippen molar-refractivity contribution in [2.24, 2.45) is 0 Å². The molecule has 2 aromatic rings. The van der Waals surface area contributed by atoms with Gasteiger partial charge in [0.25, 0.3) is 5.91 Å². The molecule has 0 aliphatic carbocycles. The Morgan fingerprint density at radius 1 is 1.42 bits per heavy atom. The molecule has 1 aromatic carbocycles. The third-order valence-electron chi connectivity index (χ3n) is 3.13. The highest BCUT2D eigenvalue weighted by Gasteiger charge is 2.24. The number of halogens is 2. The van der Waals surface area contributed by atoms with Crippen LogP contribution in [0.5, 0.6) is 0 Å². The summed E-state index contributed by atoms with van der Waals surface area (Å²) in [5.41, 5.74) is 1.12. The highest BCUT2D eigenvalue weighted by molar-refractivity contribution is 7.10. The van der Waals surface area contributed by atoms with E-state index in [-0.39, 0.29) is 5.02 Å². The van der Waals surface area contributed by atoms with Gasteiger partial charge in [0.05, 0.1) is 10.7 Å². The number of carbonyl (C=O) groups excluding carboxylic acids is 2. The Morgan fingerprint density at radius 2 is 2.12 bits per heavy atom.